The second-order valence-corrected chi connectivity index (χ2v) is 4.27. The first kappa shape index (κ1) is 9.69. The maximum Gasteiger partial charge on any atom is 0.105 e. The largest absolute Gasteiger partial charge is 0.384 e. The highest BCUT2D eigenvalue weighted by molar-refractivity contribution is 5.28. The van der Waals surface area contributed by atoms with E-state index in [0.717, 1.165) is 18.4 Å². The van der Waals surface area contributed by atoms with Crippen LogP contribution in [0.25, 0.3) is 0 Å². The molecule has 1 atom stereocenters. The van der Waals surface area contributed by atoms with E-state index in [1.165, 1.54) is 5.56 Å². The van der Waals surface area contributed by atoms with Crippen LogP contribution in [0.1, 0.15) is 24.0 Å². The topological polar surface area (TPSA) is 46.2 Å². The molecular weight excluding hydrogens is 174 g/mol. The molecule has 0 saturated heterocycles. The summed E-state index contributed by atoms with van der Waals surface area (Å²) < 4.78 is 0. The number of aryl methyl sites for hydroxylation is 1. The maximum absolute atomic E-state index is 10.4. The van der Waals surface area contributed by atoms with Crippen LogP contribution in [0.4, 0.5) is 0 Å². The van der Waals surface area contributed by atoms with Gasteiger partial charge in [0.2, 0.25) is 0 Å². The standard InChI is InChI=1S/C12H17NO/c1-9-2-4-10(5-3-9)12(14,8-13)11-6-7-11/h2-5,11,14H,6-8,13H2,1H3. The average molecular weight is 191 g/mol. The summed E-state index contributed by atoms with van der Waals surface area (Å²) in [4.78, 5) is 0. The van der Waals surface area contributed by atoms with Gasteiger partial charge in [-0.05, 0) is 31.2 Å². The van der Waals surface area contributed by atoms with Gasteiger partial charge < -0.3 is 10.8 Å². The van der Waals surface area contributed by atoms with Gasteiger partial charge in [0.05, 0.1) is 0 Å². The highest BCUT2D eigenvalue weighted by atomic mass is 16.3. The van der Waals surface area contributed by atoms with E-state index in [-0.39, 0.29) is 0 Å². The van der Waals surface area contributed by atoms with Crippen LogP contribution in [0, 0.1) is 12.8 Å². The van der Waals surface area contributed by atoms with Gasteiger partial charge >= 0.3 is 0 Å². The first-order valence-electron chi connectivity index (χ1n) is 5.16. The summed E-state index contributed by atoms with van der Waals surface area (Å²) in [5.41, 5.74) is 7.06. The molecule has 2 nitrogen and oxygen atoms in total. The molecule has 0 aliphatic heterocycles. The minimum absolute atomic E-state index is 0.320. The summed E-state index contributed by atoms with van der Waals surface area (Å²) in [6, 6.07) is 8.03. The second kappa shape index (κ2) is 3.37. The Morgan fingerprint density at radius 1 is 1.36 bits per heavy atom. The van der Waals surface area contributed by atoms with Crippen LogP contribution in [0.15, 0.2) is 24.3 Å². The van der Waals surface area contributed by atoms with Crippen molar-refractivity contribution in [3.8, 4) is 0 Å². The molecule has 0 heterocycles. The lowest BCUT2D eigenvalue weighted by Gasteiger charge is -2.27. The lowest BCUT2D eigenvalue weighted by molar-refractivity contribution is 0.0222. The molecule has 0 amide bonds. The molecule has 1 aromatic carbocycles. The van der Waals surface area contributed by atoms with Crippen molar-refractivity contribution >= 4 is 0 Å². The lowest BCUT2D eigenvalue weighted by atomic mass is 9.88. The summed E-state index contributed by atoms with van der Waals surface area (Å²) in [5, 5.41) is 10.4. The molecule has 14 heavy (non-hydrogen) atoms. The fraction of sp³-hybridized carbons (Fsp3) is 0.500. The van der Waals surface area contributed by atoms with E-state index >= 15 is 0 Å². The van der Waals surface area contributed by atoms with Crippen molar-refractivity contribution in [2.45, 2.75) is 25.4 Å². The van der Waals surface area contributed by atoms with Gasteiger partial charge in [0.1, 0.15) is 5.60 Å². The van der Waals surface area contributed by atoms with Gasteiger partial charge in [-0.3, -0.25) is 0 Å². The number of benzene rings is 1. The Morgan fingerprint density at radius 2 is 1.93 bits per heavy atom. The van der Waals surface area contributed by atoms with Crippen molar-refractivity contribution in [2.75, 3.05) is 6.54 Å². The number of rotatable bonds is 3. The van der Waals surface area contributed by atoms with Crippen LogP contribution in [-0.4, -0.2) is 11.7 Å². The van der Waals surface area contributed by atoms with Gasteiger partial charge in [-0.25, -0.2) is 0 Å². The van der Waals surface area contributed by atoms with Crippen LogP contribution in [0.5, 0.6) is 0 Å². The highest BCUT2D eigenvalue weighted by Crippen LogP contribution is 2.45. The number of aliphatic hydroxyl groups is 1. The molecule has 1 aliphatic carbocycles. The quantitative estimate of drug-likeness (QED) is 0.761. The van der Waals surface area contributed by atoms with E-state index < -0.39 is 5.60 Å². The monoisotopic (exact) mass is 191 g/mol. The Bertz CT molecular complexity index is 316. The molecule has 3 N–H and O–H groups in total. The molecule has 1 aromatic rings. The van der Waals surface area contributed by atoms with Crippen molar-refractivity contribution < 1.29 is 5.11 Å². The van der Waals surface area contributed by atoms with Crippen molar-refractivity contribution in [1.29, 1.82) is 0 Å². The van der Waals surface area contributed by atoms with Crippen LogP contribution >= 0.6 is 0 Å². The Hall–Kier alpha value is -0.860. The van der Waals surface area contributed by atoms with Gasteiger partial charge in [-0.2, -0.15) is 0 Å². The fourth-order valence-corrected chi connectivity index (χ4v) is 1.92. The molecule has 0 aromatic heterocycles. The van der Waals surface area contributed by atoms with Gasteiger partial charge in [-0.15, -0.1) is 0 Å². The van der Waals surface area contributed by atoms with Gasteiger partial charge in [0, 0.05) is 6.54 Å². The summed E-state index contributed by atoms with van der Waals surface area (Å²) in [6.45, 7) is 2.36. The number of hydrogen-bond donors (Lipinski definition) is 2. The van der Waals surface area contributed by atoms with Crippen LogP contribution in [0.2, 0.25) is 0 Å². The van der Waals surface area contributed by atoms with E-state index in [1.807, 2.05) is 31.2 Å². The Kier molecular flexibility index (Phi) is 2.33. The van der Waals surface area contributed by atoms with E-state index in [4.69, 9.17) is 5.73 Å². The molecule has 2 heteroatoms. The molecule has 0 radical (unpaired) electrons. The minimum atomic E-state index is -0.784. The molecule has 0 spiro atoms. The Balaban J connectivity index is 2.31. The second-order valence-electron chi connectivity index (χ2n) is 4.27. The van der Waals surface area contributed by atoms with Gasteiger partial charge in [0.15, 0.2) is 0 Å². The van der Waals surface area contributed by atoms with Crippen molar-refractivity contribution in [3.05, 3.63) is 35.4 Å². The zero-order chi connectivity index (χ0) is 10.2. The molecule has 1 aliphatic rings. The van der Waals surface area contributed by atoms with E-state index in [1.54, 1.807) is 0 Å². The van der Waals surface area contributed by atoms with Crippen LogP contribution in [-0.2, 0) is 5.60 Å². The SMILES string of the molecule is Cc1ccc(C(O)(CN)C2CC2)cc1. The molecule has 1 fully saturated rings. The smallest absolute Gasteiger partial charge is 0.105 e. The number of nitrogens with two attached hydrogens (primary N) is 1. The summed E-state index contributed by atoms with van der Waals surface area (Å²) in [5.74, 6) is 0.371. The predicted molar refractivity (Wildman–Crippen MR) is 56.9 cm³/mol. The Morgan fingerprint density at radius 3 is 2.36 bits per heavy atom. The third kappa shape index (κ3) is 1.56. The van der Waals surface area contributed by atoms with Crippen molar-refractivity contribution in [2.24, 2.45) is 11.7 Å². The normalized spacial score (nSPS) is 20.5. The third-order valence-electron chi connectivity index (χ3n) is 3.12. The molecule has 2 rings (SSSR count). The highest BCUT2D eigenvalue weighted by Gasteiger charge is 2.43. The lowest BCUT2D eigenvalue weighted by Crippen LogP contribution is -2.37. The molecule has 0 bridgehead atoms. The molecule has 1 unspecified atom stereocenters. The maximum atomic E-state index is 10.4. The first-order chi connectivity index (χ1) is 6.66. The van der Waals surface area contributed by atoms with Gasteiger partial charge in [0.25, 0.3) is 0 Å². The van der Waals surface area contributed by atoms with Crippen LogP contribution in [0.3, 0.4) is 0 Å². The summed E-state index contributed by atoms with van der Waals surface area (Å²) in [7, 11) is 0. The van der Waals surface area contributed by atoms with Gasteiger partial charge in [-0.1, -0.05) is 29.8 Å². The first-order valence-corrected chi connectivity index (χ1v) is 5.16. The molecule has 1 saturated carbocycles. The summed E-state index contributed by atoms with van der Waals surface area (Å²) in [6.07, 6.45) is 2.20. The number of hydrogen-bond acceptors (Lipinski definition) is 2. The predicted octanol–water partition coefficient (Wildman–Crippen LogP) is 1.55. The van der Waals surface area contributed by atoms with E-state index in [2.05, 4.69) is 0 Å². The fourth-order valence-electron chi connectivity index (χ4n) is 1.92. The average Bonchev–Trinajstić information content (AvgIpc) is 3.01. The zero-order valence-electron chi connectivity index (χ0n) is 8.53. The molecular formula is C12H17NO. The van der Waals surface area contributed by atoms with Crippen LogP contribution < -0.4 is 5.73 Å². The minimum Gasteiger partial charge on any atom is -0.384 e. The van der Waals surface area contributed by atoms with E-state index in [0.29, 0.717) is 12.5 Å². The van der Waals surface area contributed by atoms with Crippen molar-refractivity contribution in [3.63, 3.8) is 0 Å². The van der Waals surface area contributed by atoms with Crippen molar-refractivity contribution in [1.82, 2.24) is 0 Å². The Labute approximate surface area is 84.7 Å². The summed E-state index contributed by atoms with van der Waals surface area (Å²) >= 11 is 0. The van der Waals surface area contributed by atoms with E-state index in [9.17, 15) is 5.11 Å². The molecule has 76 valence electrons. The third-order valence-corrected chi connectivity index (χ3v) is 3.12. The zero-order valence-corrected chi connectivity index (χ0v) is 8.53.